The highest BCUT2D eigenvalue weighted by Gasteiger charge is 2.26. The zero-order valence-electron chi connectivity index (χ0n) is 10.1. The molecule has 1 saturated heterocycles. The fourth-order valence-corrected chi connectivity index (χ4v) is 3.14. The van der Waals surface area contributed by atoms with Crippen molar-refractivity contribution in [3.8, 4) is 0 Å². The number of hydrogen-bond acceptors (Lipinski definition) is 3. The standard InChI is InChI=1S/C12H18N2OS/c1-8-6-4-5-7-14(8)12(15)11-9(2)13-10(3)16-11/h8H,4-7H2,1-3H3/t8-/m1/s1. The Kier molecular flexibility index (Phi) is 3.28. The van der Waals surface area contributed by atoms with E-state index in [4.69, 9.17) is 0 Å². The molecule has 1 aromatic rings. The molecule has 0 spiro atoms. The molecule has 0 saturated carbocycles. The lowest BCUT2D eigenvalue weighted by atomic mass is 10.0. The minimum absolute atomic E-state index is 0.176. The van der Waals surface area contributed by atoms with Crippen LogP contribution in [0.2, 0.25) is 0 Å². The van der Waals surface area contributed by atoms with Gasteiger partial charge in [0.2, 0.25) is 0 Å². The molecule has 0 aromatic carbocycles. The molecule has 2 rings (SSSR count). The summed E-state index contributed by atoms with van der Waals surface area (Å²) in [4.78, 5) is 19.5. The van der Waals surface area contributed by atoms with Crippen molar-refractivity contribution in [3.05, 3.63) is 15.6 Å². The second kappa shape index (κ2) is 4.53. The maximum absolute atomic E-state index is 12.3. The molecule has 1 aromatic heterocycles. The molecule has 1 fully saturated rings. The Morgan fingerprint density at radius 1 is 1.44 bits per heavy atom. The second-order valence-electron chi connectivity index (χ2n) is 4.49. The van der Waals surface area contributed by atoms with Gasteiger partial charge in [0.1, 0.15) is 4.88 Å². The second-order valence-corrected chi connectivity index (χ2v) is 5.69. The lowest BCUT2D eigenvalue weighted by Crippen LogP contribution is -2.41. The van der Waals surface area contributed by atoms with Crippen LogP contribution in [-0.2, 0) is 0 Å². The normalized spacial score (nSPS) is 21.2. The average molecular weight is 238 g/mol. The highest BCUT2D eigenvalue weighted by Crippen LogP contribution is 2.24. The fourth-order valence-electron chi connectivity index (χ4n) is 2.26. The van der Waals surface area contributed by atoms with Gasteiger partial charge in [-0.1, -0.05) is 0 Å². The van der Waals surface area contributed by atoms with Gasteiger partial charge in [0.05, 0.1) is 10.7 Å². The number of carbonyl (C=O) groups excluding carboxylic acids is 1. The number of piperidine rings is 1. The van der Waals surface area contributed by atoms with E-state index in [1.54, 1.807) is 0 Å². The molecule has 4 heteroatoms. The van der Waals surface area contributed by atoms with Gasteiger partial charge in [0, 0.05) is 12.6 Å². The Bertz CT molecular complexity index is 400. The topological polar surface area (TPSA) is 33.2 Å². The molecular weight excluding hydrogens is 220 g/mol. The first-order valence-electron chi connectivity index (χ1n) is 5.84. The van der Waals surface area contributed by atoms with Gasteiger partial charge in [-0.2, -0.15) is 0 Å². The number of nitrogens with zero attached hydrogens (tertiary/aromatic N) is 2. The van der Waals surface area contributed by atoms with Gasteiger partial charge in [0.15, 0.2) is 0 Å². The van der Waals surface area contributed by atoms with E-state index in [-0.39, 0.29) is 5.91 Å². The van der Waals surface area contributed by atoms with E-state index in [2.05, 4.69) is 11.9 Å². The summed E-state index contributed by atoms with van der Waals surface area (Å²) >= 11 is 1.52. The van der Waals surface area contributed by atoms with Crippen LogP contribution in [0.15, 0.2) is 0 Å². The first-order valence-corrected chi connectivity index (χ1v) is 6.66. The summed E-state index contributed by atoms with van der Waals surface area (Å²) in [6.45, 7) is 6.91. The number of thiazole rings is 1. The van der Waals surface area contributed by atoms with Gasteiger partial charge in [-0.15, -0.1) is 11.3 Å². The molecule has 1 atom stereocenters. The molecule has 1 aliphatic heterocycles. The van der Waals surface area contributed by atoms with E-state index < -0.39 is 0 Å². The van der Waals surface area contributed by atoms with Crippen molar-refractivity contribution in [1.29, 1.82) is 0 Å². The van der Waals surface area contributed by atoms with Gasteiger partial charge >= 0.3 is 0 Å². The smallest absolute Gasteiger partial charge is 0.266 e. The van der Waals surface area contributed by atoms with Crippen molar-refractivity contribution in [1.82, 2.24) is 9.88 Å². The maximum atomic E-state index is 12.3. The predicted octanol–water partition coefficient (Wildman–Crippen LogP) is 2.77. The molecule has 88 valence electrons. The molecule has 0 N–H and O–H groups in total. The number of aromatic nitrogens is 1. The third-order valence-electron chi connectivity index (χ3n) is 3.16. The molecule has 3 nitrogen and oxygen atoms in total. The SMILES string of the molecule is Cc1nc(C)c(C(=O)N2CCCC[C@H]2C)s1. The number of rotatable bonds is 1. The van der Waals surface area contributed by atoms with Crippen molar-refractivity contribution >= 4 is 17.2 Å². The summed E-state index contributed by atoms with van der Waals surface area (Å²) < 4.78 is 0. The lowest BCUT2D eigenvalue weighted by Gasteiger charge is -2.33. The Morgan fingerprint density at radius 2 is 2.19 bits per heavy atom. The Balaban J connectivity index is 2.21. The van der Waals surface area contributed by atoms with Crippen LogP contribution >= 0.6 is 11.3 Å². The van der Waals surface area contributed by atoms with Gasteiger partial charge in [-0.3, -0.25) is 4.79 Å². The summed E-state index contributed by atoms with van der Waals surface area (Å²) in [7, 11) is 0. The minimum atomic E-state index is 0.176. The van der Waals surface area contributed by atoms with E-state index in [1.807, 2.05) is 18.7 Å². The lowest BCUT2D eigenvalue weighted by molar-refractivity contribution is 0.0639. The zero-order chi connectivity index (χ0) is 11.7. The molecule has 1 aliphatic rings. The predicted molar refractivity (Wildman–Crippen MR) is 65.9 cm³/mol. The average Bonchev–Trinajstić information content (AvgIpc) is 2.58. The molecule has 0 bridgehead atoms. The highest BCUT2D eigenvalue weighted by atomic mass is 32.1. The molecule has 0 unspecified atom stereocenters. The van der Waals surface area contributed by atoms with Crippen LogP contribution < -0.4 is 0 Å². The quantitative estimate of drug-likeness (QED) is 0.753. The molecule has 16 heavy (non-hydrogen) atoms. The van der Waals surface area contributed by atoms with E-state index in [0.29, 0.717) is 6.04 Å². The van der Waals surface area contributed by atoms with Crippen molar-refractivity contribution in [2.45, 2.75) is 46.1 Å². The molecular formula is C12H18N2OS. The summed E-state index contributed by atoms with van der Waals surface area (Å²) in [5, 5.41) is 0.977. The Hall–Kier alpha value is -0.900. The number of likely N-dealkylation sites (tertiary alicyclic amines) is 1. The van der Waals surface area contributed by atoms with Crippen LogP contribution in [-0.4, -0.2) is 28.4 Å². The van der Waals surface area contributed by atoms with Crippen LogP contribution in [0.25, 0.3) is 0 Å². The van der Waals surface area contributed by atoms with E-state index in [1.165, 1.54) is 17.8 Å². The summed E-state index contributed by atoms with van der Waals surface area (Å²) in [6.07, 6.45) is 3.50. The van der Waals surface area contributed by atoms with Crippen LogP contribution in [0.5, 0.6) is 0 Å². The highest BCUT2D eigenvalue weighted by molar-refractivity contribution is 7.13. The molecule has 2 heterocycles. The summed E-state index contributed by atoms with van der Waals surface area (Å²) in [5.41, 5.74) is 0.880. The summed E-state index contributed by atoms with van der Waals surface area (Å²) in [6, 6.07) is 0.378. The van der Waals surface area contributed by atoms with Crippen LogP contribution in [0.4, 0.5) is 0 Å². The van der Waals surface area contributed by atoms with Gasteiger partial charge in [-0.05, 0) is 40.0 Å². The maximum Gasteiger partial charge on any atom is 0.266 e. The van der Waals surface area contributed by atoms with Crippen LogP contribution in [0.3, 0.4) is 0 Å². The first-order chi connectivity index (χ1) is 7.59. The monoisotopic (exact) mass is 238 g/mol. The Morgan fingerprint density at radius 3 is 2.75 bits per heavy atom. The molecule has 0 aliphatic carbocycles. The summed E-state index contributed by atoms with van der Waals surface area (Å²) in [5.74, 6) is 0.176. The fraction of sp³-hybridized carbons (Fsp3) is 0.667. The van der Waals surface area contributed by atoms with Crippen molar-refractivity contribution in [2.24, 2.45) is 0 Å². The number of hydrogen-bond donors (Lipinski definition) is 0. The van der Waals surface area contributed by atoms with E-state index in [9.17, 15) is 4.79 Å². The van der Waals surface area contributed by atoms with Gasteiger partial charge < -0.3 is 4.90 Å². The van der Waals surface area contributed by atoms with Crippen molar-refractivity contribution < 1.29 is 4.79 Å². The van der Waals surface area contributed by atoms with E-state index >= 15 is 0 Å². The van der Waals surface area contributed by atoms with Crippen molar-refractivity contribution in [2.75, 3.05) is 6.54 Å². The largest absolute Gasteiger partial charge is 0.335 e. The van der Waals surface area contributed by atoms with Gasteiger partial charge in [0.25, 0.3) is 5.91 Å². The third kappa shape index (κ3) is 2.12. The molecule has 1 amide bonds. The minimum Gasteiger partial charge on any atom is -0.335 e. The van der Waals surface area contributed by atoms with Crippen molar-refractivity contribution in [3.63, 3.8) is 0 Å². The Labute approximate surface area is 100 Å². The van der Waals surface area contributed by atoms with Crippen LogP contribution in [0, 0.1) is 13.8 Å². The van der Waals surface area contributed by atoms with Gasteiger partial charge in [-0.25, -0.2) is 4.98 Å². The zero-order valence-corrected chi connectivity index (χ0v) is 10.9. The number of amides is 1. The molecule has 0 radical (unpaired) electrons. The van der Waals surface area contributed by atoms with Crippen LogP contribution in [0.1, 0.15) is 46.6 Å². The number of carbonyl (C=O) groups is 1. The number of aryl methyl sites for hydroxylation is 2. The third-order valence-corrected chi connectivity index (χ3v) is 4.22. The van der Waals surface area contributed by atoms with E-state index in [0.717, 1.165) is 35.0 Å². The first kappa shape index (κ1) is 11.6.